The number of fused-ring (bicyclic) bond motifs is 3. The van der Waals surface area contributed by atoms with Crippen molar-refractivity contribution in [2.24, 2.45) is 0 Å². The summed E-state index contributed by atoms with van der Waals surface area (Å²) in [5.74, 6) is 0. The van der Waals surface area contributed by atoms with Crippen LogP contribution in [0.5, 0.6) is 0 Å². The Morgan fingerprint density at radius 3 is 1.62 bits per heavy atom. The van der Waals surface area contributed by atoms with Crippen LogP contribution >= 0.6 is 0 Å². The predicted molar refractivity (Wildman–Crippen MR) is 168 cm³/mol. The molecule has 0 bridgehead atoms. The van der Waals surface area contributed by atoms with Gasteiger partial charge < -0.3 is 0 Å². The summed E-state index contributed by atoms with van der Waals surface area (Å²) in [6, 6.07) is 48.5. The first-order valence-corrected chi connectivity index (χ1v) is 16.5. The normalized spacial score (nSPS) is 13.1. The largest absolute Gasteiger partial charge is 0.256 e. The van der Waals surface area contributed by atoms with E-state index >= 15 is 0 Å². The van der Waals surface area contributed by atoms with E-state index in [0.717, 1.165) is 11.3 Å². The maximum atomic E-state index is 4.50. The minimum Gasteiger partial charge on any atom is -0.256 e. The van der Waals surface area contributed by atoms with E-state index in [4.69, 9.17) is 0 Å². The zero-order valence-electron chi connectivity index (χ0n) is 22.2. The standard InChI is InChI=1S/C37H29NSi/c1-39(2)36-12-4-3-10-33(36)34-22-21-31(25-37(34)39)29-19-15-27(16-20-29)26-13-17-28(18-14-26)30-8-7-9-32(24-30)35-11-5-6-23-38-35/h3-25H,1-2H3. The minimum atomic E-state index is -1.67. The maximum absolute atomic E-state index is 4.50. The second-order valence-electron chi connectivity index (χ2n) is 10.9. The van der Waals surface area contributed by atoms with Gasteiger partial charge >= 0.3 is 0 Å². The van der Waals surface area contributed by atoms with Crippen molar-refractivity contribution >= 4 is 18.4 Å². The van der Waals surface area contributed by atoms with Crippen LogP contribution in [-0.2, 0) is 0 Å². The molecule has 1 aliphatic heterocycles. The Kier molecular flexibility index (Phi) is 5.64. The van der Waals surface area contributed by atoms with Crippen molar-refractivity contribution in [2.75, 3.05) is 0 Å². The zero-order valence-corrected chi connectivity index (χ0v) is 23.2. The van der Waals surface area contributed by atoms with Gasteiger partial charge in [-0.15, -0.1) is 0 Å². The van der Waals surface area contributed by atoms with Gasteiger partial charge in [-0.05, 0) is 73.1 Å². The molecule has 7 rings (SSSR count). The number of benzene rings is 5. The number of nitrogens with zero attached hydrogens (tertiary/aromatic N) is 1. The third-order valence-corrected chi connectivity index (χ3v) is 11.7. The molecular weight excluding hydrogens is 487 g/mol. The van der Waals surface area contributed by atoms with Gasteiger partial charge in [0.1, 0.15) is 8.07 Å². The Balaban J connectivity index is 1.14. The molecule has 2 heterocycles. The lowest BCUT2D eigenvalue weighted by Gasteiger charge is -2.19. The van der Waals surface area contributed by atoms with E-state index in [1.165, 1.54) is 44.5 Å². The zero-order chi connectivity index (χ0) is 26.4. The molecule has 0 atom stereocenters. The first kappa shape index (κ1) is 23.6. The van der Waals surface area contributed by atoms with Gasteiger partial charge in [-0.2, -0.15) is 0 Å². The Hall–Kier alpha value is -4.53. The molecule has 0 spiro atoms. The van der Waals surface area contributed by atoms with Gasteiger partial charge in [0, 0.05) is 11.8 Å². The lowest BCUT2D eigenvalue weighted by molar-refractivity contribution is 1.33. The predicted octanol–water partition coefficient (Wildman–Crippen LogP) is 8.55. The van der Waals surface area contributed by atoms with Crippen LogP contribution in [0.1, 0.15) is 0 Å². The van der Waals surface area contributed by atoms with E-state index in [0.29, 0.717) is 0 Å². The first-order chi connectivity index (χ1) is 19.1. The molecule has 6 aromatic rings. The minimum absolute atomic E-state index is 0.995. The van der Waals surface area contributed by atoms with Gasteiger partial charge in [0.2, 0.25) is 0 Å². The smallest absolute Gasteiger partial charge is 0.113 e. The summed E-state index contributed by atoms with van der Waals surface area (Å²) in [6.45, 7) is 4.95. The summed E-state index contributed by atoms with van der Waals surface area (Å²) in [5.41, 5.74) is 12.4. The summed E-state index contributed by atoms with van der Waals surface area (Å²) in [6.07, 6.45) is 1.84. The third-order valence-electron chi connectivity index (χ3n) is 8.18. The fraction of sp³-hybridized carbons (Fsp3) is 0.0541. The molecule has 0 N–H and O–H groups in total. The highest BCUT2D eigenvalue weighted by Crippen LogP contribution is 2.33. The quantitative estimate of drug-likeness (QED) is 0.214. The lowest BCUT2D eigenvalue weighted by atomic mass is 9.96. The second-order valence-corrected chi connectivity index (χ2v) is 15.2. The van der Waals surface area contributed by atoms with Crippen molar-refractivity contribution in [1.82, 2.24) is 4.98 Å². The van der Waals surface area contributed by atoms with Crippen molar-refractivity contribution in [3.63, 3.8) is 0 Å². The summed E-state index contributed by atoms with van der Waals surface area (Å²) in [5, 5.41) is 3.10. The Labute approximate surface area is 231 Å². The highest BCUT2D eigenvalue weighted by molar-refractivity contribution is 7.03. The van der Waals surface area contributed by atoms with Crippen molar-refractivity contribution in [3.8, 4) is 55.8 Å². The molecular formula is C37H29NSi. The second kappa shape index (κ2) is 9.34. The molecule has 186 valence electrons. The molecule has 0 unspecified atom stereocenters. The maximum Gasteiger partial charge on any atom is 0.113 e. The number of hydrogen-bond donors (Lipinski definition) is 0. The number of hydrogen-bond acceptors (Lipinski definition) is 1. The Bertz CT molecular complexity index is 1800. The van der Waals surface area contributed by atoms with Crippen molar-refractivity contribution in [1.29, 1.82) is 0 Å². The lowest BCUT2D eigenvalue weighted by Crippen LogP contribution is -2.49. The molecule has 0 fully saturated rings. The topological polar surface area (TPSA) is 12.9 Å². The van der Waals surface area contributed by atoms with Crippen LogP contribution in [0.25, 0.3) is 55.8 Å². The molecule has 39 heavy (non-hydrogen) atoms. The molecule has 1 aromatic heterocycles. The number of aromatic nitrogens is 1. The van der Waals surface area contributed by atoms with Crippen LogP contribution in [0, 0.1) is 0 Å². The van der Waals surface area contributed by atoms with Crippen molar-refractivity contribution in [3.05, 3.63) is 140 Å². The van der Waals surface area contributed by atoms with Crippen LogP contribution in [0.15, 0.2) is 140 Å². The molecule has 0 saturated carbocycles. The Morgan fingerprint density at radius 1 is 0.410 bits per heavy atom. The van der Waals surface area contributed by atoms with Crippen LogP contribution in [0.3, 0.4) is 0 Å². The molecule has 0 radical (unpaired) electrons. The van der Waals surface area contributed by atoms with Gasteiger partial charge in [0.15, 0.2) is 0 Å². The molecule has 0 amide bonds. The van der Waals surface area contributed by atoms with E-state index in [9.17, 15) is 0 Å². The summed E-state index contributed by atoms with van der Waals surface area (Å²) in [4.78, 5) is 4.50. The first-order valence-electron chi connectivity index (χ1n) is 13.5. The summed E-state index contributed by atoms with van der Waals surface area (Å²) < 4.78 is 0. The molecule has 0 saturated heterocycles. The third kappa shape index (κ3) is 4.14. The molecule has 0 aliphatic carbocycles. The molecule has 5 aromatic carbocycles. The monoisotopic (exact) mass is 515 g/mol. The van der Waals surface area contributed by atoms with E-state index in [1.54, 1.807) is 10.4 Å². The Morgan fingerprint density at radius 2 is 0.949 bits per heavy atom. The van der Waals surface area contributed by atoms with Gasteiger partial charge in [0.05, 0.1) is 5.69 Å². The highest BCUT2D eigenvalue weighted by atomic mass is 28.3. The van der Waals surface area contributed by atoms with Crippen molar-refractivity contribution < 1.29 is 0 Å². The molecule has 1 aliphatic rings. The van der Waals surface area contributed by atoms with E-state index in [-0.39, 0.29) is 0 Å². The number of pyridine rings is 1. The molecule has 2 heteroatoms. The fourth-order valence-corrected chi connectivity index (χ4v) is 9.09. The SMILES string of the molecule is C[Si]1(C)c2ccccc2-c2ccc(-c3ccc(-c4ccc(-c5cccc(-c6ccccn6)c5)cc4)cc3)cc21. The van der Waals surface area contributed by atoms with Crippen LogP contribution in [-0.4, -0.2) is 13.1 Å². The fourth-order valence-electron chi connectivity index (χ4n) is 5.99. The van der Waals surface area contributed by atoms with E-state index < -0.39 is 8.07 Å². The van der Waals surface area contributed by atoms with Crippen LogP contribution in [0.4, 0.5) is 0 Å². The highest BCUT2D eigenvalue weighted by Gasteiger charge is 2.37. The van der Waals surface area contributed by atoms with Crippen molar-refractivity contribution in [2.45, 2.75) is 13.1 Å². The van der Waals surface area contributed by atoms with Gasteiger partial charge in [-0.25, -0.2) is 0 Å². The number of rotatable bonds is 4. The average molecular weight is 516 g/mol. The van der Waals surface area contributed by atoms with E-state index in [2.05, 4.69) is 139 Å². The average Bonchev–Trinajstić information content (AvgIpc) is 3.24. The molecule has 1 nitrogen and oxygen atoms in total. The van der Waals surface area contributed by atoms with Crippen LogP contribution < -0.4 is 10.4 Å². The summed E-state index contributed by atoms with van der Waals surface area (Å²) >= 11 is 0. The van der Waals surface area contributed by atoms with Gasteiger partial charge in [-0.3, -0.25) is 4.98 Å². The van der Waals surface area contributed by atoms with Gasteiger partial charge in [-0.1, -0.05) is 128 Å². The van der Waals surface area contributed by atoms with Gasteiger partial charge in [0.25, 0.3) is 0 Å². The summed E-state index contributed by atoms with van der Waals surface area (Å²) in [7, 11) is -1.67. The van der Waals surface area contributed by atoms with E-state index in [1.807, 2.05) is 18.3 Å². The van der Waals surface area contributed by atoms with Crippen LogP contribution in [0.2, 0.25) is 13.1 Å².